The van der Waals surface area contributed by atoms with E-state index in [1.54, 1.807) is 18.2 Å². The first-order chi connectivity index (χ1) is 9.10. The zero-order valence-corrected chi connectivity index (χ0v) is 9.81. The third kappa shape index (κ3) is 2.05. The molecule has 2 aromatic rings. The molecule has 2 amide bonds. The van der Waals surface area contributed by atoms with E-state index in [0.29, 0.717) is 10.9 Å². The molecule has 1 heterocycles. The Kier molecular flexibility index (Phi) is 3.27. The van der Waals surface area contributed by atoms with Crippen molar-refractivity contribution in [3.63, 3.8) is 0 Å². The molecule has 0 saturated carbocycles. The topological polar surface area (TPSA) is 149 Å². The number of hydrogen-bond acceptors (Lipinski definition) is 6. The maximum Gasteiger partial charge on any atom is 0.268 e. The number of nitrogens with two attached hydrogens (primary N) is 3. The SMILES string of the molecule is NNC(=O)c1cnc2c(C(=O)NN)cccc2c1N. The van der Waals surface area contributed by atoms with Gasteiger partial charge in [0.1, 0.15) is 0 Å². The maximum atomic E-state index is 11.6. The summed E-state index contributed by atoms with van der Waals surface area (Å²) < 4.78 is 0. The summed E-state index contributed by atoms with van der Waals surface area (Å²) in [6.07, 6.45) is 1.26. The molecule has 0 saturated heterocycles. The first-order valence-electron chi connectivity index (χ1n) is 5.29. The highest BCUT2D eigenvalue weighted by Gasteiger charge is 2.16. The number of carbonyl (C=O) groups excluding carboxylic acids is 2. The van der Waals surface area contributed by atoms with Crippen LogP contribution in [0.4, 0.5) is 5.69 Å². The number of fused-ring (bicyclic) bond motifs is 1. The second-order valence-corrected chi connectivity index (χ2v) is 3.73. The summed E-state index contributed by atoms with van der Waals surface area (Å²) in [6.45, 7) is 0. The van der Waals surface area contributed by atoms with Crippen LogP contribution in [0.5, 0.6) is 0 Å². The summed E-state index contributed by atoms with van der Waals surface area (Å²) in [7, 11) is 0. The molecule has 0 bridgehead atoms. The van der Waals surface area contributed by atoms with Gasteiger partial charge >= 0.3 is 0 Å². The van der Waals surface area contributed by atoms with Crippen molar-refractivity contribution < 1.29 is 9.59 Å². The molecule has 98 valence electrons. The number of aromatic nitrogens is 1. The molecule has 19 heavy (non-hydrogen) atoms. The van der Waals surface area contributed by atoms with Gasteiger partial charge in [0.25, 0.3) is 11.8 Å². The van der Waals surface area contributed by atoms with Crippen molar-refractivity contribution in [1.29, 1.82) is 0 Å². The lowest BCUT2D eigenvalue weighted by Gasteiger charge is -2.09. The quantitative estimate of drug-likeness (QED) is 0.266. The normalized spacial score (nSPS) is 10.2. The number of benzene rings is 1. The minimum atomic E-state index is -0.555. The highest BCUT2D eigenvalue weighted by molar-refractivity contribution is 6.11. The average Bonchev–Trinajstić information content (AvgIpc) is 2.45. The third-order valence-corrected chi connectivity index (χ3v) is 2.69. The maximum absolute atomic E-state index is 11.6. The number of nitrogens with one attached hydrogen (secondary N) is 2. The van der Waals surface area contributed by atoms with Crippen molar-refractivity contribution in [2.45, 2.75) is 0 Å². The van der Waals surface area contributed by atoms with Crippen LogP contribution < -0.4 is 28.3 Å². The van der Waals surface area contributed by atoms with E-state index in [2.05, 4.69) is 4.98 Å². The van der Waals surface area contributed by atoms with E-state index in [4.69, 9.17) is 17.4 Å². The summed E-state index contributed by atoms with van der Waals surface area (Å²) in [5.74, 6) is 9.10. The number of pyridine rings is 1. The minimum absolute atomic E-state index is 0.139. The van der Waals surface area contributed by atoms with Gasteiger partial charge in [0.2, 0.25) is 0 Å². The van der Waals surface area contributed by atoms with Crippen molar-refractivity contribution in [1.82, 2.24) is 15.8 Å². The fourth-order valence-electron chi connectivity index (χ4n) is 1.76. The van der Waals surface area contributed by atoms with E-state index in [9.17, 15) is 9.59 Å². The van der Waals surface area contributed by atoms with Gasteiger partial charge in [-0.25, -0.2) is 11.7 Å². The minimum Gasteiger partial charge on any atom is -0.397 e. The van der Waals surface area contributed by atoms with Crippen molar-refractivity contribution >= 4 is 28.4 Å². The Balaban J connectivity index is 2.72. The van der Waals surface area contributed by atoms with Gasteiger partial charge in [-0.15, -0.1) is 0 Å². The van der Waals surface area contributed by atoms with E-state index in [-0.39, 0.29) is 16.8 Å². The van der Waals surface area contributed by atoms with Crippen LogP contribution in [0.2, 0.25) is 0 Å². The van der Waals surface area contributed by atoms with Crippen LogP contribution in [0, 0.1) is 0 Å². The van der Waals surface area contributed by atoms with E-state index >= 15 is 0 Å². The van der Waals surface area contributed by atoms with Crippen LogP contribution in [-0.4, -0.2) is 16.8 Å². The summed E-state index contributed by atoms with van der Waals surface area (Å²) in [5.41, 5.74) is 10.8. The first kappa shape index (κ1) is 12.7. The third-order valence-electron chi connectivity index (χ3n) is 2.69. The number of rotatable bonds is 2. The van der Waals surface area contributed by atoms with Gasteiger partial charge in [0, 0.05) is 11.6 Å². The molecule has 8 nitrogen and oxygen atoms in total. The molecule has 0 unspecified atom stereocenters. The predicted octanol–water partition coefficient (Wildman–Crippen LogP) is -0.976. The smallest absolute Gasteiger partial charge is 0.268 e. The van der Waals surface area contributed by atoms with E-state index in [1.807, 2.05) is 10.9 Å². The largest absolute Gasteiger partial charge is 0.397 e. The van der Waals surface area contributed by atoms with Crippen molar-refractivity contribution in [2.24, 2.45) is 11.7 Å². The Hall–Kier alpha value is -2.71. The van der Waals surface area contributed by atoms with Crippen LogP contribution in [0.1, 0.15) is 20.7 Å². The molecule has 0 aliphatic carbocycles. The number of carbonyl (C=O) groups is 2. The summed E-state index contributed by atoms with van der Waals surface area (Å²) >= 11 is 0. The van der Waals surface area contributed by atoms with Crippen LogP contribution in [0.15, 0.2) is 24.4 Å². The summed E-state index contributed by atoms with van der Waals surface area (Å²) in [6, 6.07) is 4.83. The molecule has 1 aromatic carbocycles. The van der Waals surface area contributed by atoms with E-state index in [1.165, 1.54) is 6.20 Å². The summed E-state index contributed by atoms with van der Waals surface area (Å²) in [4.78, 5) is 27.2. The Morgan fingerprint density at radius 1 is 1.05 bits per heavy atom. The molecule has 0 spiro atoms. The zero-order valence-electron chi connectivity index (χ0n) is 9.81. The second-order valence-electron chi connectivity index (χ2n) is 3.73. The lowest BCUT2D eigenvalue weighted by atomic mass is 10.1. The van der Waals surface area contributed by atoms with Crippen LogP contribution >= 0.6 is 0 Å². The van der Waals surface area contributed by atoms with Crippen LogP contribution in [0.25, 0.3) is 10.9 Å². The number of hydrazine groups is 2. The molecule has 0 radical (unpaired) electrons. The fraction of sp³-hybridized carbons (Fsp3) is 0. The number of nitrogen functional groups attached to an aromatic ring is 3. The van der Waals surface area contributed by atoms with Gasteiger partial charge in [-0.1, -0.05) is 12.1 Å². The van der Waals surface area contributed by atoms with Gasteiger partial charge in [-0.05, 0) is 6.07 Å². The Morgan fingerprint density at radius 3 is 2.32 bits per heavy atom. The number of para-hydroxylation sites is 1. The molecule has 0 aliphatic heterocycles. The van der Waals surface area contributed by atoms with Crippen molar-refractivity contribution in [3.8, 4) is 0 Å². The molecule has 2 rings (SSSR count). The highest BCUT2D eigenvalue weighted by atomic mass is 16.2. The summed E-state index contributed by atoms with van der Waals surface area (Å²) in [5, 5.41) is 0.474. The van der Waals surface area contributed by atoms with Crippen molar-refractivity contribution in [2.75, 3.05) is 5.73 Å². The first-order valence-corrected chi connectivity index (χ1v) is 5.29. The molecule has 8 heteroatoms. The molecule has 8 N–H and O–H groups in total. The molecule has 0 fully saturated rings. The standard InChI is InChI=1S/C11H12N6O2/c12-8-5-2-1-3-6(10(18)16-13)9(5)15-4-7(8)11(19)17-14/h1-4H,13-14H2,(H2,12,15)(H,16,18)(H,17,19). The van der Waals surface area contributed by atoms with E-state index in [0.717, 1.165) is 0 Å². The Bertz CT molecular complexity index is 670. The predicted molar refractivity (Wildman–Crippen MR) is 69.5 cm³/mol. The highest BCUT2D eigenvalue weighted by Crippen LogP contribution is 2.25. The monoisotopic (exact) mass is 260 g/mol. The number of anilines is 1. The molecule has 0 atom stereocenters. The lowest BCUT2D eigenvalue weighted by Crippen LogP contribution is -2.31. The van der Waals surface area contributed by atoms with E-state index < -0.39 is 11.8 Å². The fourth-order valence-corrected chi connectivity index (χ4v) is 1.76. The van der Waals surface area contributed by atoms with Crippen LogP contribution in [-0.2, 0) is 0 Å². The van der Waals surface area contributed by atoms with Gasteiger partial charge in [-0.2, -0.15) is 0 Å². The molecular weight excluding hydrogens is 248 g/mol. The lowest BCUT2D eigenvalue weighted by molar-refractivity contribution is 0.0947. The zero-order chi connectivity index (χ0) is 14.0. The molecule has 0 aliphatic rings. The second kappa shape index (κ2) is 4.88. The molecular formula is C11H12N6O2. The number of nitrogens with zero attached hydrogens (tertiary/aromatic N) is 1. The Morgan fingerprint density at radius 2 is 1.68 bits per heavy atom. The van der Waals surface area contributed by atoms with Gasteiger partial charge in [-0.3, -0.25) is 25.4 Å². The van der Waals surface area contributed by atoms with Gasteiger partial charge in [0.05, 0.1) is 22.3 Å². The van der Waals surface area contributed by atoms with Crippen molar-refractivity contribution in [3.05, 3.63) is 35.5 Å². The number of amides is 2. The molecule has 1 aromatic heterocycles. The average molecular weight is 260 g/mol. The number of hydrogen-bond donors (Lipinski definition) is 5. The van der Waals surface area contributed by atoms with Crippen LogP contribution in [0.3, 0.4) is 0 Å². The van der Waals surface area contributed by atoms with Gasteiger partial charge in [0.15, 0.2) is 0 Å². The van der Waals surface area contributed by atoms with Gasteiger partial charge < -0.3 is 5.73 Å². The Labute approximate surface area is 107 Å².